The van der Waals surface area contributed by atoms with E-state index in [0.717, 1.165) is 5.56 Å². The highest BCUT2D eigenvalue weighted by Gasteiger charge is 2.29. The third-order valence-electron chi connectivity index (χ3n) is 5.18. The van der Waals surface area contributed by atoms with Crippen molar-refractivity contribution in [1.29, 1.82) is 0 Å². The van der Waals surface area contributed by atoms with Crippen LogP contribution in [0, 0.1) is 19.3 Å². The second-order valence-corrected chi connectivity index (χ2v) is 7.23. The molecule has 1 aliphatic heterocycles. The number of aromatic nitrogens is 2. The minimum Gasteiger partial charge on any atom is -0.365 e. The first-order valence-electron chi connectivity index (χ1n) is 9.57. The molecule has 1 aliphatic rings. The molecule has 9 heteroatoms. The van der Waals surface area contributed by atoms with E-state index >= 15 is 0 Å². The molecule has 0 saturated carbocycles. The smallest absolute Gasteiger partial charge is 0.322 e. The van der Waals surface area contributed by atoms with Crippen LogP contribution >= 0.6 is 0 Å². The van der Waals surface area contributed by atoms with Crippen molar-refractivity contribution in [3.63, 3.8) is 0 Å². The molecule has 0 bridgehead atoms. The van der Waals surface area contributed by atoms with Crippen molar-refractivity contribution in [3.8, 4) is 11.3 Å². The molecule has 0 atom stereocenters. The number of nitrogens with one attached hydrogen (secondary N) is 1. The zero-order valence-electron chi connectivity index (χ0n) is 16.7. The average molecular weight is 418 g/mol. The number of nitrogens with two attached hydrogens (primary N) is 1. The summed E-state index contributed by atoms with van der Waals surface area (Å²) >= 11 is 0. The number of benzene rings is 2. The van der Waals surface area contributed by atoms with Gasteiger partial charge in [0, 0.05) is 17.8 Å². The molecule has 0 fully saturated rings. The number of rotatable bonds is 3. The molecule has 3 aromatic rings. The second kappa shape index (κ2) is 7.91. The predicted molar refractivity (Wildman–Crippen MR) is 113 cm³/mol. The van der Waals surface area contributed by atoms with Gasteiger partial charge >= 0.3 is 6.03 Å². The first-order valence-corrected chi connectivity index (χ1v) is 9.57. The van der Waals surface area contributed by atoms with Crippen LogP contribution < -0.4 is 11.1 Å². The molecule has 156 valence electrons. The standard InChI is InChI=1S/C22H19FN6O2/c1-13-10-16(6-7-17(13)25-2)26-22(31)28-8-9-29-18(12-28)19(21(24)30)20(27-29)14-4-3-5-15(23)11-14/h3-7,10-11H,8-9,12H2,1H3,(H2,24,30)(H,26,31). The van der Waals surface area contributed by atoms with Gasteiger partial charge in [-0.25, -0.2) is 14.0 Å². The van der Waals surface area contributed by atoms with E-state index in [1.54, 1.807) is 40.8 Å². The Morgan fingerprint density at radius 2 is 2.03 bits per heavy atom. The average Bonchev–Trinajstić information content (AvgIpc) is 3.13. The lowest BCUT2D eigenvalue weighted by molar-refractivity contribution is 0.0997. The molecule has 0 radical (unpaired) electrons. The number of anilines is 1. The molecule has 2 aromatic carbocycles. The van der Waals surface area contributed by atoms with Crippen LogP contribution in [0.1, 0.15) is 21.6 Å². The Bertz CT molecular complexity index is 1240. The Labute approximate surface area is 177 Å². The maximum Gasteiger partial charge on any atom is 0.322 e. The molecule has 0 spiro atoms. The number of carbonyl (C=O) groups excluding carboxylic acids is 2. The summed E-state index contributed by atoms with van der Waals surface area (Å²) in [4.78, 5) is 30.0. The molecule has 8 nitrogen and oxygen atoms in total. The highest BCUT2D eigenvalue weighted by atomic mass is 19.1. The van der Waals surface area contributed by atoms with Crippen molar-refractivity contribution < 1.29 is 14.0 Å². The summed E-state index contributed by atoms with van der Waals surface area (Å²) in [6, 6.07) is 10.5. The first kappa shape index (κ1) is 20.1. The zero-order valence-corrected chi connectivity index (χ0v) is 16.7. The van der Waals surface area contributed by atoms with Gasteiger partial charge in [-0.1, -0.05) is 18.2 Å². The molecule has 0 aliphatic carbocycles. The van der Waals surface area contributed by atoms with Crippen molar-refractivity contribution in [3.05, 3.63) is 76.5 Å². The minimum atomic E-state index is -0.687. The molecular weight excluding hydrogens is 399 g/mol. The van der Waals surface area contributed by atoms with Gasteiger partial charge in [0.2, 0.25) is 0 Å². The van der Waals surface area contributed by atoms with Crippen LogP contribution in [0.25, 0.3) is 16.1 Å². The zero-order chi connectivity index (χ0) is 22.1. The van der Waals surface area contributed by atoms with E-state index in [1.807, 2.05) is 0 Å². The third-order valence-corrected chi connectivity index (χ3v) is 5.18. The van der Waals surface area contributed by atoms with Gasteiger partial charge in [-0.15, -0.1) is 0 Å². The lowest BCUT2D eigenvalue weighted by atomic mass is 10.0. The Kier molecular flexibility index (Phi) is 5.13. The largest absolute Gasteiger partial charge is 0.365 e. The summed E-state index contributed by atoms with van der Waals surface area (Å²) in [6.45, 7) is 9.80. The van der Waals surface area contributed by atoms with E-state index in [9.17, 15) is 14.0 Å². The maximum atomic E-state index is 13.7. The van der Waals surface area contributed by atoms with Gasteiger partial charge in [0.05, 0.1) is 30.9 Å². The number of hydrogen-bond donors (Lipinski definition) is 2. The molecule has 4 rings (SSSR count). The summed E-state index contributed by atoms with van der Waals surface area (Å²) < 4.78 is 15.3. The SMILES string of the molecule is [C-]#[N+]c1ccc(NC(=O)N2CCn3nc(-c4cccc(F)c4)c(C(N)=O)c3C2)cc1C. The fraction of sp³-hybridized carbons (Fsp3) is 0.182. The number of hydrogen-bond acceptors (Lipinski definition) is 3. The van der Waals surface area contributed by atoms with Crippen molar-refractivity contribution >= 4 is 23.3 Å². The van der Waals surface area contributed by atoms with Gasteiger partial charge < -0.3 is 16.0 Å². The number of fused-ring (bicyclic) bond motifs is 1. The van der Waals surface area contributed by atoms with E-state index in [0.29, 0.717) is 41.4 Å². The van der Waals surface area contributed by atoms with Crippen molar-refractivity contribution in [2.75, 3.05) is 11.9 Å². The van der Waals surface area contributed by atoms with Crippen LogP contribution in [-0.4, -0.2) is 33.2 Å². The van der Waals surface area contributed by atoms with Crippen LogP contribution in [0.5, 0.6) is 0 Å². The Balaban J connectivity index is 1.61. The molecular formula is C22H19FN6O2. The predicted octanol–water partition coefficient (Wildman–Crippen LogP) is 3.70. The van der Waals surface area contributed by atoms with E-state index < -0.39 is 11.7 Å². The fourth-order valence-corrected chi connectivity index (χ4v) is 3.65. The van der Waals surface area contributed by atoms with Crippen molar-refractivity contribution in [2.45, 2.75) is 20.0 Å². The molecule has 0 saturated heterocycles. The third kappa shape index (κ3) is 3.83. The van der Waals surface area contributed by atoms with Crippen LogP contribution in [0.4, 0.5) is 20.6 Å². The van der Waals surface area contributed by atoms with Crippen LogP contribution in [-0.2, 0) is 13.1 Å². The van der Waals surface area contributed by atoms with Crippen LogP contribution in [0.15, 0.2) is 42.5 Å². The summed E-state index contributed by atoms with van der Waals surface area (Å²) in [6.07, 6.45) is 0. The number of carbonyl (C=O) groups is 2. The van der Waals surface area contributed by atoms with Gasteiger partial charge in [-0.3, -0.25) is 9.48 Å². The van der Waals surface area contributed by atoms with E-state index in [-0.39, 0.29) is 18.1 Å². The Hall–Kier alpha value is -4.19. The molecule has 0 unspecified atom stereocenters. The Morgan fingerprint density at radius 1 is 1.23 bits per heavy atom. The monoisotopic (exact) mass is 418 g/mol. The number of aryl methyl sites for hydroxylation is 1. The maximum absolute atomic E-state index is 13.7. The lowest BCUT2D eigenvalue weighted by Gasteiger charge is -2.28. The van der Waals surface area contributed by atoms with Gasteiger partial charge in [0.25, 0.3) is 5.91 Å². The first-order chi connectivity index (χ1) is 14.9. The fourth-order valence-electron chi connectivity index (χ4n) is 3.65. The second-order valence-electron chi connectivity index (χ2n) is 7.23. The Morgan fingerprint density at radius 3 is 2.71 bits per heavy atom. The normalized spacial score (nSPS) is 12.7. The van der Waals surface area contributed by atoms with E-state index in [2.05, 4.69) is 15.3 Å². The highest BCUT2D eigenvalue weighted by molar-refractivity contribution is 6.00. The number of nitrogens with zero attached hydrogens (tertiary/aromatic N) is 4. The lowest BCUT2D eigenvalue weighted by Crippen LogP contribution is -2.41. The van der Waals surface area contributed by atoms with Crippen molar-refractivity contribution in [2.24, 2.45) is 5.73 Å². The number of amides is 3. The summed E-state index contributed by atoms with van der Waals surface area (Å²) in [5, 5.41) is 7.27. The summed E-state index contributed by atoms with van der Waals surface area (Å²) in [5.74, 6) is -1.13. The quantitative estimate of drug-likeness (QED) is 0.635. The van der Waals surface area contributed by atoms with Gasteiger partial charge in [-0.05, 0) is 36.8 Å². The van der Waals surface area contributed by atoms with Crippen LogP contribution in [0.3, 0.4) is 0 Å². The highest BCUT2D eigenvalue weighted by Crippen LogP contribution is 2.29. The molecule has 2 heterocycles. The van der Waals surface area contributed by atoms with E-state index in [1.165, 1.54) is 18.2 Å². The summed E-state index contributed by atoms with van der Waals surface area (Å²) in [5.41, 5.74) is 8.91. The van der Waals surface area contributed by atoms with Crippen LogP contribution in [0.2, 0.25) is 0 Å². The molecule has 1 aromatic heterocycles. The van der Waals surface area contributed by atoms with Gasteiger partial charge in [0.1, 0.15) is 11.5 Å². The number of halogens is 1. The number of urea groups is 1. The molecule has 3 N–H and O–H groups in total. The minimum absolute atomic E-state index is 0.130. The van der Waals surface area contributed by atoms with Gasteiger partial charge in [0.15, 0.2) is 5.69 Å². The molecule has 3 amide bonds. The van der Waals surface area contributed by atoms with E-state index in [4.69, 9.17) is 12.3 Å². The number of primary amides is 1. The van der Waals surface area contributed by atoms with Gasteiger partial charge in [-0.2, -0.15) is 5.10 Å². The topological polar surface area (TPSA) is 97.6 Å². The summed E-state index contributed by atoms with van der Waals surface area (Å²) in [7, 11) is 0. The molecule has 31 heavy (non-hydrogen) atoms. The van der Waals surface area contributed by atoms with Crippen molar-refractivity contribution in [1.82, 2.24) is 14.7 Å².